The maximum atomic E-state index is 5.81. The summed E-state index contributed by atoms with van der Waals surface area (Å²) in [6, 6.07) is 5.78. The Morgan fingerprint density at radius 1 is 1.07 bits per heavy atom. The SMILES string of the molecule is COc1cnc(-c2cnnc(Nc3ccnc(N4C[C@@H](C)O[C@@H](C)C4)c3)c2)cn1. The zero-order valence-electron chi connectivity index (χ0n) is 16.6. The first-order valence-corrected chi connectivity index (χ1v) is 9.43. The van der Waals surface area contributed by atoms with Gasteiger partial charge in [-0.3, -0.25) is 0 Å². The fourth-order valence-corrected chi connectivity index (χ4v) is 3.32. The lowest BCUT2D eigenvalue weighted by Gasteiger charge is -2.36. The van der Waals surface area contributed by atoms with E-state index in [1.807, 2.05) is 18.2 Å². The minimum absolute atomic E-state index is 0.172. The van der Waals surface area contributed by atoms with Gasteiger partial charge in [-0.2, -0.15) is 5.10 Å². The number of morpholine rings is 1. The van der Waals surface area contributed by atoms with E-state index in [-0.39, 0.29) is 12.2 Å². The van der Waals surface area contributed by atoms with E-state index in [4.69, 9.17) is 9.47 Å². The highest BCUT2D eigenvalue weighted by atomic mass is 16.5. The second kappa shape index (κ2) is 8.36. The second-order valence-corrected chi connectivity index (χ2v) is 6.96. The van der Waals surface area contributed by atoms with Gasteiger partial charge in [-0.05, 0) is 26.0 Å². The number of anilines is 3. The van der Waals surface area contributed by atoms with E-state index < -0.39 is 0 Å². The lowest BCUT2D eigenvalue weighted by atomic mass is 10.2. The van der Waals surface area contributed by atoms with Crippen LogP contribution in [-0.4, -0.2) is 57.6 Å². The predicted molar refractivity (Wildman–Crippen MR) is 109 cm³/mol. The number of hydrogen-bond donors (Lipinski definition) is 1. The van der Waals surface area contributed by atoms with Gasteiger partial charge in [-0.15, -0.1) is 5.10 Å². The van der Waals surface area contributed by atoms with Crippen molar-refractivity contribution in [1.29, 1.82) is 0 Å². The molecular weight excluding hydrogens is 370 g/mol. The molecule has 0 aromatic carbocycles. The number of hydrogen-bond acceptors (Lipinski definition) is 9. The van der Waals surface area contributed by atoms with Crippen molar-refractivity contribution in [3.63, 3.8) is 0 Å². The molecule has 0 amide bonds. The molecule has 3 aromatic heterocycles. The normalized spacial score (nSPS) is 19.1. The summed E-state index contributed by atoms with van der Waals surface area (Å²) in [6.45, 7) is 5.78. The summed E-state index contributed by atoms with van der Waals surface area (Å²) in [7, 11) is 1.56. The number of nitrogens with one attached hydrogen (secondary N) is 1. The standard InChI is InChI=1S/C20H23N7O2/c1-13-11-27(12-14(2)29-13)19-7-16(4-5-21-19)25-18-6-15(8-24-26-18)17-9-23-20(28-3)10-22-17/h4-10,13-14H,11-12H2,1-3H3,(H,21,25,26)/t13-,14+. The molecule has 2 atom stereocenters. The second-order valence-electron chi connectivity index (χ2n) is 6.96. The zero-order chi connectivity index (χ0) is 20.2. The topological polar surface area (TPSA) is 98.2 Å². The molecule has 9 heteroatoms. The van der Waals surface area contributed by atoms with Crippen molar-refractivity contribution in [2.45, 2.75) is 26.1 Å². The molecule has 1 aliphatic heterocycles. The van der Waals surface area contributed by atoms with Gasteiger partial charge < -0.3 is 19.7 Å². The van der Waals surface area contributed by atoms with Crippen LogP contribution in [0.2, 0.25) is 0 Å². The number of ether oxygens (including phenoxy) is 2. The third kappa shape index (κ3) is 4.57. The Labute approximate surface area is 169 Å². The van der Waals surface area contributed by atoms with E-state index >= 15 is 0 Å². The molecule has 150 valence electrons. The smallest absolute Gasteiger partial charge is 0.232 e. The summed E-state index contributed by atoms with van der Waals surface area (Å²) in [5.41, 5.74) is 2.38. The molecular formula is C20H23N7O2. The quantitative estimate of drug-likeness (QED) is 0.701. The highest BCUT2D eigenvalue weighted by molar-refractivity contribution is 5.66. The van der Waals surface area contributed by atoms with Crippen LogP contribution in [0.25, 0.3) is 11.3 Å². The molecule has 0 saturated carbocycles. The van der Waals surface area contributed by atoms with E-state index in [0.717, 1.165) is 30.2 Å². The Morgan fingerprint density at radius 2 is 1.90 bits per heavy atom. The summed E-state index contributed by atoms with van der Waals surface area (Å²) in [5, 5.41) is 11.5. The fraction of sp³-hybridized carbons (Fsp3) is 0.350. The summed E-state index contributed by atoms with van der Waals surface area (Å²) >= 11 is 0. The monoisotopic (exact) mass is 393 g/mol. The third-order valence-electron chi connectivity index (χ3n) is 4.55. The van der Waals surface area contributed by atoms with Crippen molar-refractivity contribution < 1.29 is 9.47 Å². The van der Waals surface area contributed by atoms with Crippen LogP contribution in [0.1, 0.15) is 13.8 Å². The van der Waals surface area contributed by atoms with Gasteiger partial charge in [-0.1, -0.05) is 0 Å². The largest absolute Gasteiger partial charge is 0.480 e. The Hall–Kier alpha value is -3.33. The molecule has 0 aliphatic carbocycles. The molecule has 1 saturated heterocycles. The molecule has 0 unspecified atom stereocenters. The number of methoxy groups -OCH3 is 1. The molecule has 1 fully saturated rings. The van der Waals surface area contributed by atoms with Crippen molar-refractivity contribution in [3.8, 4) is 17.1 Å². The van der Waals surface area contributed by atoms with Gasteiger partial charge in [0, 0.05) is 36.6 Å². The van der Waals surface area contributed by atoms with Crippen LogP contribution < -0.4 is 15.0 Å². The third-order valence-corrected chi connectivity index (χ3v) is 4.55. The molecule has 3 aromatic rings. The first-order chi connectivity index (χ1) is 14.1. The summed E-state index contributed by atoms with van der Waals surface area (Å²) in [4.78, 5) is 15.3. The van der Waals surface area contributed by atoms with E-state index in [2.05, 4.69) is 49.2 Å². The molecule has 0 bridgehead atoms. The van der Waals surface area contributed by atoms with Gasteiger partial charge in [0.05, 0.1) is 43.6 Å². The van der Waals surface area contributed by atoms with Crippen molar-refractivity contribution in [2.75, 3.05) is 30.4 Å². The van der Waals surface area contributed by atoms with Crippen molar-refractivity contribution in [3.05, 3.63) is 43.0 Å². The van der Waals surface area contributed by atoms with E-state index in [1.54, 1.807) is 31.9 Å². The van der Waals surface area contributed by atoms with Gasteiger partial charge in [0.1, 0.15) is 5.82 Å². The highest BCUT2D eigenvalue weighted by Crippen LogP contribution is 2.24. The highest BCUT2D eigenvalue weighted by Gasteiger charge is 2.23. The van der Waals surface area contributed by atoms with E-state index in [1.165, 1.54) is 0 Å². The van der Waals surface area contributed by atoms with Crippen LogP contribution in [0.15, 0.2) is 43.0 Å². The van der Waals surface area contributed by atoms with Crippen LogP contribution >= 0.6 is 0 Å². The Morgan fingerprint density at radius 3 is 2.62 bits per heavy atom. The summed E-state index contributed by atoms with van der Waals surface area (Å²) in [5.74, 6) is 1.98. The zero-order valence-corrected chi connectivity index (χ0v) is 16.6. The van der Waals surface area contributed by atoms with E-state index in [9.17, 15) is 0 Å². The van der Waals surface area contributed by atoms with Crippen molar-refractivity contribution >= 4 is 17.3 Å². The van der Waals surface area contributed by atoms with Gasteiger partial charge in [0.2, 0.25) is 5.88 Å². The molecule has 29 heavy (non-hydrogen) atoms. The molecule has 9 nitrogen and oxygen atoms in total. The lowest BCUT2D eigenvalue weighted by Crippen LogP contribution is -2.45. The molecule has 4 heterocycles. The average molecular weight is 393 g/mol. The number of nitrogens with zero attached hydrogens (tertiary/aromatic N) is 6. The summed E-state index contributed by atoms with van der Waals surface area (Å²) in [6.07, 6.45) is 6.99. The van der Waals surface area contributed by atoms with Gasteiger partial charge >= 0.3 is 0 Å². The Bertz CT molecular complexity index is 957. The summed E-state index contributed by atoms with van der Waals surface area (Å²) < 4.78 is 10.9. The maximum Gasteiger partial charge on any atom is 0.232 e. The fourth-order valence-electron chi connectivity index (χ4n) is 3.32. The van der Waals surface area contributed by atoms with Crippen LogP contribution in [0.3, 0.4) is 0 Å². The van der Waals surface area contributed by atoms with Crippen LogP contribution in [-0.2, 0) is 4.74 Å². The number of aromatic nitrogens is 5. The molecule has 0 spiro atoms. The van der Waals surface area contributed by atoms with Crippen LogP contribution in [0.5, 0.6) is 5.88 Å². The molecule has 1 aliphatic rings. The van der Waals surface area contributed by atoms with Crippen LogP contribution in [0, 0.1) is 0 Å². The lowest BCUT2D eigenvalue weighted by molar-refractivity contribution is -0.00545. The van der Waals surface area contributed by atoms with Gasteiger partial charge in [-0.25, -0.2) is 15.0 Å². The number of rotatable bonds is 5. The molecule has 4 rings (SSSR count). The first kappa shape index (κ1) is 19.0. The minimum atomic E-state index is 0.172. The average Bonchev–Trinajstić information content (AvgIpc) is 2.73. The van der Waals surface area contributed by atoms with Gasteiger partial charge in [0.25, 0.3) is 0 Å². The van der Waals surface area contributed by atoms with Crippen molar-refractivity contribution in [2.24, 2.45) is 0 Å². The van der Waals surface area contributed by atoms with E-state index in [0.29, 0.717) is 17.4 Å². The Balaban J connectivity index is 1.52. The minimum Gasteiger partial charge on any atom is -0.480 e. The van der Waals surface area contributed by atoms with Crippen LogP contribution in [0.4, 0.5) is 17.3 Å². The van der Waals surface area contributed by atoms with Gasteiger partial charge in [0.15, 0.2) is 5.82 Å². The Kier molecular flexibility index (Phi) is 5.48. The predicted octanol–water partition coefficient (Wildman–Crippen LogP) is 2.69. The molecule has 1 N–H and O–H groups in total. The first-order valence-electron chi connectivity index (χ1n) is 9.43. The number of pyridine rings is 1. The maximum absolute atomic E-state index is 5.81. The molecule has 0 radical (unpaired) electrons. The van der Waals surface area contributed by atoms with Crippen molar-refractivity contribution in [1.82, 2.24) is 25.1 Å².